The van der Waals surface area contributed by atoms with Gasteiger partial charge in [0.05, 0.1) is 11.0 Å². The number of benzene rings is 2. The summed E-state index contributed by atoms with van der Waals surface area (Å²) in [7, 11) is 0. The quantitative estimate of drug-likeness (QED) is 0.867. The van der Waals surface area contributed by atoms with Crippen LogP contribution in [0.2, 0.25) is 0 Å². The summed E-state index contributed by atoms with van der Waals surface area (Å²) in [5.74, 6) is 0.540. The first-order chi connectivity index (χ1) is 10.1. The van der Waals surface area contributed by atoms with E-state index in [1.807, 2.05) is 42.5 Å². The lowest BCUT2D eigenvalue weighted by Crippen LogP contribution is -2.46. The summed E-state index contributed by atoms with van der Waals surface area (Å²) in [5, 5.41) is 0. The van der Waals surface area contributed by atoms with E-state index in [-0.39, 0.29) is 24.6 Å². The fraction of sp³-hybridized carbons (Fsp3) is 0.222. The molecule has 0 fully saturated rings. The van der Waals surface area contributed by atoms with Crippen molar-refractivity contribution in [2.24, 2.45) is 0 Å². The highest BCUT2D eigenvalue weighted by Crippen LogP contribution is 2.39. The monoisotopic (exact) mass is 280 g/mol. The predicted octanol–water partition coefficient (Wildman–Crippen LogP) is 3.18. The van der Waals surface area contributed by atoms with Crippen LogP contribution in [0.15, 0.2) is 54.6 Å². The number of carbonyl (C=O) groups is 2. The molecule has 0 bridgehead atoms. The van der Waals surface area contributed by atoms with Crippen molar-refractivity contribution in [3.8, 4) is 5.75 Å². The van der Waals surface area contributed by atoms with Crippen LogP contribution < -0.4 is 4.74 Å². The predicted molar refractivity (Wildman–Crippen MR) is 79.7 cm³/mol. The Labute approximate surface area is 123 Å². The molecule has 0 N–H and O–H groups in total. The molecule has 3 heteroatoms. The van der Waals surface area contributed by atoms with Gasteiger partial charge in [-0.3, -0.25) is 9.59 Å². The van der Waals surface area contributed by atoms with Gasteiger partial charge >= 0.3 is 0 Å². The van der Waals surface area contributed by atoms with Gasteiger partial charge in [0.1, 0.15) is 18.1 Å². The third kappa shape index (κ3) is 2.25. The SMILES string of the molecule is CC(=O)C[C@@]1(c2ccccc2)COc2ccccc2C1=O. The Morgan fingerprint density at radius 1 is 1.10 bits per heavy atom. The molecule has 21 heavy (non-hydrogen) atoms. The minimum absolute atomic E-state index is 0.0183. The zero-order valence-corrected chi connectivity index (χ0v) is 11.8. The highest BCUT2D eigenvalue weighted by atomic mass is 16.5. The topological polar surface area (TPSA) is 43.4 Å². The number of hydrogen-bond acceptors (Lipinski definition) is 3. The largest absolute Gasteiger partial charge is 0.491 e. The zero-order valence-electron chi connectivity index (χ0n) is 11.8. The average Bonchev–Trinajstić information content (AvgIpc) is 2.51. The second kappa shape index (κ2) is 5.17. The standard InChI is InChI=1S/C18H16O3/c1-13(19)11-18(14-7-3-2-4-8-14)12-21-16-10-6-5-9-15(16)17(18)20/h2-10H,11-12H2,1H3/t18-/m0/s1. The van der Waals surface area contributed by atoms with Crippen LogP contribution in [0.25, 0.3) is 0 Å². The Balaban J connectivity index is 2.15. The van der Waals surface area contributed by atoms with Crippen LogP contribution in [-0.4, -0.2) is 18.2 Å². The Morgan fingerprint density at radius 2 is 1.76 bits per heavy atom. The smallest absolute Gasteiger partial charge is 0.180 e. The van der Waals surface area contributed by atoms with E-state index in [2.05, 4.69) is 0 Å². The average molecular weight is 280 g/mol. The van der Waals surface area contributed by atoms with Gasteiger partial charge in [-0.2, -0.15) is 0 Å². The highest BCUT2D eigenvalue weighted by molar-refractivity contribution is 6.09. The second-order valence-corrected chi connectivity index (χ2v) is 5.44. The van der Waals surface area contributed by atoms with Crippen molar-refractivity contribution in [3.63, 3.8) is 0 Å². The molecular weight excluding hydrogens is 264 g/mol. The highest BCUT2D eigenvalue weighted by Gasteiger charge is 2.46. The molecule has 1 heterocycles. The van der Waals surface area contributed by atoms with E-state index in [0.29, 0.717) is 11.3 Å². The number of Topliss-reactive ketones (excluding diaryl/α,β-unsaturated/α-hetero) is 2. The molecule has 106 valence electrons. The first kappa shape index (κ1) is 13.6. The van der Waals surface area contributed by atoms with Crippen LogP contribution in [0.5, 0.6) is 5.75 Å². The van der Waals surface area contributed by atoms with Crippen molar-refractivity contribution < 1.29 is 14.3 Å². The van der Waals surface area contributed by atoms with E-state index < -0.39 is 5.41 Å². The molecule has 1 aliphatic heterocycles. The molecule has 2 aromatic rings. The van der Waals surface area contributed by atoms with Crippen molar-refractivity contribution in [1.82, 2.24) is 0 Å². The van der Waals surface area contributed by atoms with Crippen LogP contribution in [0.3, 0.4) is 0 Å². The molecule has 2 aromatic carbocycles. The van der Waals surface area contributed by atoms with Gasteiger partial charge in [0.15, 0.2) is 5.78 Å². The van der Waals surface area contributed by atoms with Gasteiger partial charge in [-0.05, 0) is 24.6 Å². The number of carbonyl (C=O) groups excluding carboxylic acids is 2. The van der Waals surface area contributed by atoms with Gasteiger partial charge in [0.2, 0.25) is 0 Å². The van der Waals surface area contributed by atoms with Gasteiger partial charge < -0.3 is 4.74 Å². The van der Waals surface area contributed by atoms with Gasteiger partial charge in [0, 0.05) is 6.42 Å². The molecule has 0 unspecified atom stereocenters. The molecule has 1 atom stereocenters. The van der Waals surface area contributed by atoms with E-state index in [4.69, 9.17) is 4.74 Å². The lowest BCUT2D eigenvalue weighted by molar-refractivity contribution is -0.118. The summed E-state index contributed by atoms with van der Waals surface area (Å²) in [6, 6.07) is 16.6. The lowest BCUT2D eigenvalue weighted by atomic mass is 9.70. The molecule has 0 aliphatic carbocycles. The molecule has 3 rings (SSSR count). The fourth-order valence-electron chi connectivity index (χ4n) is 2.93. The molecule has 0 aromatic heterocycles. The first-order valence-electron chi connectivity index (χ1n) is 6.95. The van der Waals surface area contributed by atoms with Gasteiger partial charge in [-0.1, -0.05) is 42.5 Å². The maximum Gasteiger partial charge on any atom is 0.180 e. The Kier molecular flexibility index (Phi) is 3.34. The van der Waals surface area contributed by atoms with Crippen molar-refractivity contribution >= 4 is 11.6 Å². The Hall–Kier alpha value is -2.42. The van der Waals surface area contributed by atoms with Gasteiger partial charge in [-0.25, -0.2) is 0 Å². The van der Waals surface area contributed by atoms with Crippen molar-refractivity contribution in [3.05, 3.63) is 65.7 Å². The summed E-state index contributed by atoms with van der Waals surface area (Å²) < 4.78 is 5.79. The maximum atomic E-state index is 13.0. The summed E-state index contributed by atoms with van der Waals surface area (Å²) in [6.45, 7) is 1.71. The van der Waals surface area contributed by atoms with Crippen molar-refractivity contribution in [2.75, 3.05) is 6.61 Å². The molecule has 0 saturated heterocycles. The molecule has 3 nitrogen and oxygen atoms in total. The maximum absolute atomic E-state index is 13.0. The number of para-hydroxylation sites is 1. The number of rotatable bonds is 3. The summed E-state index contributed by atoms with van der Waals surface area (Å²) >= 11 is 0. The van der Waals surface area contributed by atoms with Crippen LogP contribution >= 0.6 is 0 Å². The third-order valence-electron chi connectivity index (χ3n) is 3.92. The molecule has 0 saturated carbocycles. The van der Waals surface area contributed by atoms with Gasteiger partial charge in [0.25, 0.3) is 0 Å². The molecule has 0 spiro atoms. The number of fused-ring (bicyclic) bond motifs is 1. The minimum Gasteiger partial charge on any atom is -0.491 e. The normalized spacial score (nSPS) is 20.5. The van der Waals surface area contributed by atoms with Crippen LogP contribution in [-0.2, 0) is 10.2 Å². The van der Waals surface area contributed by atoms with E-state index in [9.17, 15) is 9.59 Å². The molecule has 0 radical (unpaired) electrons. The van der Waals surface area contributed by atoms with Crippen molar-refractivity contribution in [2.45, 2.75) is 18.8 Å². The lowest BCUT2D eigenvalue weighted by Gasteiger charge is -2.36. The summed E-state index contributed by atoms with van der Waals surface area (Å²) in [6.07, 6.45) is 0.157. The summed E-state index contributed by atoms with van der Waals surface area (Å²) in [5.41, 5.74) is 0.468. The molecule has 1 aliphatic rings. The van der Waals surface area contributed by atoms with E-state index in [1.165, 1.54) is 6.92 Å². The Bertz CT molecular complexity index is 691. The van der Waals surface area contributed by atoms with E-state index in [0.717, 1.165) is 5.56 Å². The summed E-state index contributed by atoms with van der Waals surface area (Å²) in [4.78, 5) is 24.8. The van der Waals surface area contributed by atoms with E-state index in [1.54, 1.807) is 12.1 Å². The van der Waals surface area contributed by atoms with Crippen LogP contribution in [0.4, 0.5) is 0 Å². The molecule has 0 amide bonds. The fourth-order valence-corrected chi connectivity index (χ4v) is 2.93. The second-order valence-electron chi connectivity index (χ2n) is 5.44. The minimum atomic E-state index is -0.915. The van der Waals surface area contributed by atoms with E-state index >= 15 is 0 Å². The molecular formula is C18H16O3. The number of ether oxygens (including phenoxy) is 1. The van der Waals surface area contributed by atoms with Crippen molar-refractivity contribution in [1.29, 1.82) is 0 Å². The van der Waals surface area contributed by atoms with Crippen LogP contribution in [0.1, 0.15) is 29.3 Å². The van der Waals surface area contributed by atoms with Gasteiger partial charge in [-0.15, -0.1) is 0 Å². The first-order valence-corrected chi connectivity index (χ1v) is 6.95. The zero-order chi connectivity index (χ0) is 14.9. The van der Waals surface area contributed by atoms with Crippen LogP contribution in [0, 0.1) is 0 Å². The number of hydrogen-bond donors (Lipinski definition) is 0. The number of ketones is 2. The third-order valence-corrected chi connectivity index (χ3v) is 3.92. The Morgan fingerprint density at radius 3 is 2.48 bits per heavy atom.